The minimum Gasteiger partial charge on any atom is -0.474 e. The summed E-state index contributed by atoms with van der Waals surface area (Å²) in [7, 11) is 0. The van der Waals surface area contributed by atoms with Crippen molar-refractivity contribution in [3.05, 3.63) is 34.7 Å². The summed E-state index contributed by atoms with van der Waals surface area (Å²) in [6.45, 7) is 0. The molecule has 1 fully saturated rings. The summed E-state index contributed by atoms with van der Waals surface area (Å²) in [5.41, 5.74) is 0.499. The Kier molecular flexibility index (Phi) is 2.44. The second-order valence-corrected chi connectivity index (χ2v) is 4.13. The third-order valence-corrected chi connectivity index (χ3v) is 2.88. The van der Waals surface area contributed by atoms with E-state index in [0.717, 1.165) is 18.4 Å². The van der Waals surface area contributed by atoms with Crippen LogP contribution in [0.5, 0.6) is 5.88 Å². The topological polar surface area (TPSA) is 68.1 Å². The minimum absolute atomic E-state index is 0.255. The third kappa shape index (κ3) is 2.08. The molecule has 0 radical (unpaired) electrons. The molecule has 0 amide bonds. The zero-order valence-electron chi connectivity index (χ0n) is 9.18. The highest BCUT2D eigenvalue weighted by Gasteiger charge is 2.19. The van der Waals surface area contributed by atoms with E-state index in [4.69, 9.17) is 9.26 Å². The molecule has 3 rings (SSSR count). The monoisotopic (exact) mass is 232 g/mol. The first kappa shape index (κ1) is 10.1. The van der Waals surface area contributed by atoms with Gasteiger partial charge in [0, 0.05) is 17.8 Å². The Morgan fingerprint density at radius 3 is 2.82 bits per heavy atom. The van der Waals surface area contributed by atoms with Gasteiger partial charge in [-0.25, -0.2) is 4.98 Å². The quantitative estimate of drug-likeness (QED) is 0.878. The lowest BCUT2D eigenvalue weighted by molar-refractivity contribution is 0.114. The lowest BCUT2D eigenvalue weighted by atomic mass is 9.96. The van der Waals surface area contributed by atoms with Crippen molar-refractivity contribution in [2.75, 3.05) is 0 Å². The molecule has 0 aromatic carbocycles. The number of nitrogens with one attached hydrogen (secondary N) is 1. The van der Waals surface area contributed by atoms with Crippen LogP contribution in [0.4, 0.5) is 0 Å². The van der Waals surface area contributed by atoms with Gasteiger partial charge in [0.1, 0.15) is 6.10 Å². The smallest absolute Gasteiger partial charge is 0.280 e. The van der Waals surface area contributed by atoms with Gasteiger partial charge in [0.25, 0.3) is 5.56 Å². The highest BCUT2D eigenvalue weighted by molar-refractivity contribution is 5.55. The fourth-order valence-corrected chi connectivity index (χ4v) is 1.68. The van der Waals surface area contributed by atoms with Crippen molar-refractivity contribution in [1.82, 2.24) is 10.1 Å². The van der Waals surface area contributed by atoms with E-state index in [1.807, 2.05) is 6.07 Å². The molecule has 2 aromatic rings. The Balaban J connectivity index is 1.77. The summed E-state index contributed by atoms with van der Waals surface area (Å²) >= 11 is 0. The minimum atomic E-state index is -0.255. The van der Waals surface area contributed by atoms with Crippen LogP contribution in [0, 0.1) is 0 Å². The number of nitrogens with zero attached hydrogens (tertiary/aromatic N) is 1. The van der Waals surface area contributed by atoms with Gasteiger partial charge < -0.3 is 9.26 Å². The van der Waals surface area contributed by atoms with Gasteiger partial charge in [-0.05, 0) is 25.3 Å². The molecule has 1 aliphatic carbocycles. The van der Waals surface area contributed by atoms with Crippen LogP contribution >= 0.6 is 0 Å². The normalized spacial score (nSPS) is 15.5. The first-order chi connectivity index (χ1) is 8.31. The lowest BCUT2D eigenvalue weighted by Crippen LogP contribution is -2.24. The zero-order valence-corrected chi connectivity index (χ0v) is 9.18. The van der Waals surface area contributed by atoms with Gasteiger partial charge >= 0.3 is 0 Å². The number of rotatable bonds is 3. The Labute approximate surface area is 97.4 Å². The Hall–Kier alpha value is -2.04. The summed E-state index contributed by atoms with van der Waals surface area (Å²) in [5, 5.41) is 2.24. The van der Waals surface area contributed by atoms with E-state index in [1.165, 1.54) is 12.5 Å². The average molecular weight is 232 g/mol. The summed E-state index contributed by atoms with van der Waals surface area (Å²) < 4.78 is 10.6. The molecule has 5 heteroatoms. The highest BCUT2D eigenvalue weighted by Crippen LogP contribution is 2.25. The first-order valence-corrected chi connectivity index (χ1v) is 5.63. The maximum atomic E-state index is 10.9. The molecule has 17 heavy (non-hydrogen) atoms. The van der Waals surface area contributed by atoms with Crippen molar-refractivity contribution in [3.63, 3.8) is 0 Å². The number of ether oxygens (including phenoxy) is 1. The largest absolute Gasteiger partial charge is 0.474 e. The molecule has 0 bridgehead atoms. The molecule has 0 saturated heterocycles. The van der Waals surface area contributed by atoms with Gasteiger partial charge in [0.15, 0.2) is 5.76 Å². The van der Waals surface area contributed by atoms with Crippen molar-refractivity contribution >= 4 is 0 Å². The van der Waals surface area contributed by atoms with E-state index in [-0.39, 0.29) is 5.56 Å². The van der Waals surface area contributed by atoms with Crippen molar-refractivity contribution in [2.24, 2.45) is 0 Å². The number of aromatic nitrogens is 2. The van der Waals surface area contributed by atoms with E-state index < -0.39 is 0 Å². The second-order valence-electron chi connectivity index (χ2n) is 4.13. The molecular formula is C12H12N2O3. The lowest BCUT2D eigenvalue weighted by Gasteiger charge is -2.25. The third-order valence-electron chi connectivity index (χ3n) is 2.88. The van der Waals surface area contributed by atoms with Crippen LogP contribution in [0.15, 0.2) is 33.7 Å². The standard InChI is InChI=1S/C12H12N2O3/c15-11-6-10(17-14-11)8-4-5-12(13-7-8)16-9-2-1-3-9/h4-7,9H,1-3H2,(H,14,15). The Bertz CT molecular complexity index is 552. The van der Waals surface area contributed by atoms with E-state index in [2.05, 4.69) is 10.1 Å². The highest BCUT2D eigenvalue weighted by atomic mass is 16.5. The van der Waals surface area contributed by atoms with Gasteiger partial charge in [0.05, 0.1) is 6.07 Å². The average Bonchev–Trinajstić information content (AvgIpc) is 2.71. The van der Waals surface area contributed by atoms with Gasteiger partial charge in [-0.15, -0.1) is 0 Å². The fourth-order valence-electron chi connectivity index (χ4n) is 1.68. The molecule has 1 N–H and O–H groups in total. The molecular weight excluding hydrogens is 220 g/mol. The van der Waals surface area contributed by atoms with Crippen molar-refractivity contribution in [1.29, 1.82) is 0 Å². The van der Waals surface area contributed by atoms with E-state index in [9.17, 15) is 4.79 Å². The molecule has 0 aliphatic heterocycles. The summed E-state index contributed by atoms with van der Waals surface area (Å²) in [4.78, 5) is 15.1. The number of H-pyrrole nitrogens is 1. The molecule has 2 heterocycles. The maximum Gasteiger partial charge on any atom is 0.280 e. The molecule has 5 nitrogen and oxygen atoms in total. The van der Waals surface area contributed by atoms with E-state index in [0.29, 0.717) is 17.7 Å². The molecule has 2 aromatic heterocycles. The molecule has 1 saturated carbocycles. The molecule has 88 valence electrons. The molecule has 0 unspecified atom stereocenters. The Morgan fingerprint density at radius 1 is 1.41 bits per heavy atom. The summed E-state index contributed by atoms with van der Waals surface area (Å²) in [6.07, 6.45) is 5.41. The van der Waals surface area contributed by atoms with E-state index >= 15 is 0 Å². The number of hydrogen-bond donors (Lipinski definition) is 1. The van der Waals surface area contributed by atoms with Crippen LogP contribution in [0.3, 0.4) is 0 Å². The SMILES string of the molecule is O=c1cc(-c2ccc(OC3CCC3)nc2)o[nH]1. The number of aromatic amines is 1. The summed E-state index contributed by atoms with van der Waals surface area (Å²) in [6, 6.07) is 5.01. The zero-order chi connectivity index (χ0) is 11.7. The second kappa shape index (κ2) is 4.08. The molecule has 0 spiro atoms. The fraction of sp³-hybridized carbons (Fsp3) is 0.333. The van der Waals surface area contributed by atoms with Crippen LogP contribution < -0.4 is 10.3 Å². The van der Waals surface area contributed by atoms with Crippen molar-refractivity contribution in [3.8, 4) is 17.2 Å². The van der Waals surface area contributed by atoms with Crippen LogP contribution in [-0.2, 0) is 0 Å². The van der Waals surface area contributed by atoms with Crippen molar-refractivity contribution in [2.45, 2.75) is 25.4 Å². The Morgan fingerprint density at radius 2 is 2.29 bits per heavy atom. The van der Waals surface area contributed by atoms with Crippen LogP contribution in [0.2, 0.25) is 0 Å². The molecule has 0 atom stereocenters. The first-order valence-electron chi connectivity index (χ1n) is 5.63. The number of pyridine rings is 1. The summed E-state index contributed by atoms with van der Waals surface area (Å²) in [5.74, 6) is 1.11. The predicted molar refractivity (Wildman–Crippen MR) is 60.8 cm³/mol. The van der Waals surface area contributed by atoms with Gasteiger partial charge in [-0.1, -0.05) is 0 Å². The van der Waals surface area contributed by atoms with Gasteiger partial charge in [-0.3, -0.25) is 4.79 Å². The van der Waals surface area contributed by atoms with Crippen molar-refractivity contribution < 1.29 is 9.26 Å². The maximum absolute atomic E-state index is 10.9. The van der Waals surface area contributed by atoms with Gasteiger partial charge in [0.2, 0.25) is 5.88 Å². The molecule has 1 aliphatic rings. The van der Waals surface area contributed by atoms with Gasteiger partial charge in [-0.2, -0.15) is 5.16 Å². The van der Waals surface area contributed by atoms with Crippen LogP contribution in [0.1, 0.15) is 19.3 Å². The van der Waals surface area contributed by atoms with Crippen LogP contribution in [-0.4, -0.2) is 16.2 Å². The van der Waals surface area contributed by atoms with Crippen LogP contribution in [0.25, 0.3) is 11.3 Å². The number of hydrogen-bond acceptors (Lipinski definition) is 4. The van der Waals surface area contributed by atoms with E-state index in [1.54, 1.807) is 12.3 Å². The predicted octanol–water partition coefficient (Wildman–Crippen LogP) is 1.96.